The fraction of sp³-hybridized carbons (Fsp3) is 0.111. The van der Waals surface area contributed by atoms with E-state index in [2.05, 4.69) is 10.2 Å². The molecule has 0 unspecified atom stereocenters. The molecule has 0 radical (unpaired) electrons. The maximum atomic E-state index is 13.5. The quantitative estimate of drug-likeness (QED) is 0.815. The highest BCUT2D eigenvalue weighted by Crippen LogP contribution is 2.29. The molecule has 1 aromatic carbocycles. The van der Waals surface area contributed by atoms with Crippen molar-refractivity contribution in [3.05, 3.63) is 28.5 Å². The first-order chi connectivity index (χ1) is 7.20. The molecule has 0 N–H and O–H groups in total. The summed E-state index contributed by atoms with van der Waals surface area (Å²) in [6, 6.07) is 4.55. The van der Waals surface area contributed by atoms with Gasteiger partial charge >= 0.3 is 0 Å². The Kier molecular flexibility index (Phi) is 2.83. The van der Waals surface area contributed by atoms with Crippen LogP contribution in [-0.4, -0.2) is 17.3 Å². The van der Waals surface area contributed by atoms with Crippen LogP contribution in [0.2, 0.25) is 4.47 Å². The smallest absolute Gasteiger partial charge is 0.207 e. The molecule has 0 aliphatic rings. The van der Waals surface area contributed by atoms with E-state index >= 15 is 0 Å². The molecule has 2 aromatic rings. The Bertz CT molecular complexity index is 489. The summed E-state index contributed by atoms with van der Waals surface area (Å²) >= 11 is 6.75. The van der Waals surface area contributed by atoms with Gasteiger partial charge in [0.2, 0.25) is 4.47 Å². The molecule has 3 nitrogen and oxygen atoms in total. The summed E-state index contributed by atoms with van der Waals surface area (Å²) in [5.41, 5.74) is 0.375. The van der Waals surface area contributed by atoms with Crippen molar-refractivity contribution in [2.24, 2.45) is 0 Å². The maximum Gasteiger partial charge on any atom is 0.207 e. The van der Waals surface area contributed by atoms with Gasteiger partial charge in [0.1, 0.15) is 11.6 Å². The highest BCUT2D eigenvalue weighted by molar-refractivity contribution is 7.18. The average Bonchev–Trinajstić information content (AvgIpc) is 2.64. The highest BCUT2D eigenvalue weighted by atomic mass is 35.5. The number of methoxy groups -OCH3 is 1. The van der Waals surface area contributed by atoms with E-state index in [9.17, 15) is 4.39 Å². The van der Waals surface area contributed by atoms with Crippen LogP contribution in [-0.2, 0) is 0 Å². The minimum absolute atomic E-state index is 0.292. The molecule has 78 valence electrons. The minimum Gasteiger partial charge on any atom is -0.497 e. The van der Waals surface area contributed by atoms with Gasteiger partial charge in [-0.15, -0.1) is 10.2 Å². The molecule has 0 bridgehead atoms. The summed E-state index contributed by atoms with van der Waals surface area (Å²) in [5.74, 6) is 0.0639. The summed E-state index contributed by atoms with van der Waals surface area (Å²) in [6.45, 7) is 0. The van der Waals surface area contributed by atoms with Crippen molar-refractivity contribution in [1.29, 1.82) is 0 Å². The first kappa shape index (κ1) is 10.3. The number of nitrogens with zero attached hydrogens (tertiary/aromatic N) is 2. The molecule has 15 heavy (non-hydrogen) atoms. The number of rotatable bonds is 2. The van der Waals surface area contributed by atoms with E-state index in [0.717, 1.165) is 11.3 Å². The third-order valence-electron chi connectivity index (χ3n) is 1.81. The van der Waals surface area contributed by atoms with Crippen LogP contribution in [0.25, 0.3) is 10.6 Å². The summed E-state index contributed by atoms with van der Waals surface area (Å²) in [6.07, 6.45) is 0. The van der Waals surface area contributed by atoms with Crippen molar-refractivity contribution in [2.45, 2.75) is 0 Å². The van der Waals surface area contributed by atoms with E-state index in [-0.39, 0.29) is 0 Å². The van der Waals surface area contributed by atoms with Gasteiger partial charge in [-0.05, 0) is 23.7 Å². The maximum absolute atomic E-state index is 13.5. The molecule has 0 aliphatic carbocycles. The number of halogens is 2. The lowest BCUT2D eigenvalue weighted by Gasteiger charge is -2.01. The Balaban J connectivity index is 2.45. The third-order valence-corrected chi connectivity index (χ3v) is 2.86. The van der Waals surface area contributed by atoms with E-state index in [1.807, 2.05) is 0 Å². The lowest BCUT2D eigenvalue weighted by atomic mass is 10.2. The molecule has 1 heterocycles. The number of hydrogen-bond acceptors (Lipinski definition) is 4. The van der Waals surface area contributed by atoms with Crippen molar-refractivity contribution in [3.8, 4) is 16.3 Å². The zero-order valence-electron chi connectivity index (χ0n) is 7.70. The molecule has 6 heteroatoms. The topological polar surface area (TPSA) is 35.0 Å². The van der Waals surface area contributed by atoms with Crippen LogP contribution in [0.1, 0.15) is 0 Å². The molecule has 0 aliphatic heterocycles. The average molecular weight is 245 g/mol. The van der Waals surface area contributed by atoms with Crippen molar-refractivity contribution in [3.63, 3.8) is 0 Å². The standard InChI is InChI=1S/C9H6ClFN2OS/c1-14-5-2-3-6(7(11)4-5)8-12-13-9(10)15-8/h2-4H,1H3. The summed E-state index contributed by atoms with van der Waals surface area (Å²) < 4.78 is 18.7. The first-order valence-corrected chi connectivity index (χ1v) is 5.23. The highest BCUT2D eigenvalue weighted by Gasteiger charge is 2.11. The van der Waals surface area contributed by atoms with Crippen LogP contribution in [0.15, 0.2) is 18.2 Å². The van der Waals surface area contributed by atoms with Crippen molar-refractivity contribution < 1.29 is 9.13 Å². The predicted octanol–water partition coefficient (Wildman–Crippen LogP) is 3.01. The largest absolute Gasteiger partial charge is 0.497 e. The predicted molar refractivity (Wildman–Crippen MR) is 56.9 cm³/mol. The number of ether oxygens (including phenoxy) is 1. The zero-order chi connectivity index (χ0) is 10.8. The monoisotopic (exact) mass is 244 g/mol. The molecule has 0 saturated carbocycles. The number of hydrogen-bond donors (Lipinski definition) is 0. The Hall–Kier alpha value is -1.20. The SMILES string of the molecule is COc1ccc(-c2nnc(Cl)s2)c(F)c1. The minimum atomic E-state index is -0.401. The van der Waals surface area contributed by atoms with Gasteiger partial charge in [0.05, 0.1) is 7.11 Å². The van der Waals surface area contributed by atoms with Gasteiger partial charge in [-0.3, -0.25) is 0 Å². The molecule has 0 fully saturated rings. The van der Waals surface area contributed by atoms with Crippen LogP contribution >= 0.6 is 22.9 Å². The Morgan fingerprint density at radius 2 is 2.20 bits per heavy atom. The van der Waals surface area contributed by atoms with E-state index in [4.69, 9.17) is 16.3 Å². The summed E-state index contributed by atoms with van der Waals surface area (Å²) in [4.78, 5) is 0. The van der Waals surface area contributed by atoms with Gasteiger partial charge in [-0.1, -0.05) is 11.3 Å². The van der Waals surface area contributed by atoms with Gasteiger partial charge in [0, 0.05) is 11.6 Å². The fourth-order valence-electron chi connectivity index (χ4n) is 1.11. The van der Waals surface area contributed by atoms with Crippen LogP contribution < -0.4 is 4.74 Å². The van der Waals surface area contributed by atoms with E-state index in [1.165, 1.54) is 13.2 Å². The van der Waals surface area contributed by atoms with Crippen LogP contribution in [0.4, 0.5) is 4.39 Å². The first-order valence-electron chi connectivity index (χ1n) is 4.03. The van der Waals surface area contributed by atoms with Crippen LogP contribution in [0.5, 0.6) is 5.75 Å². The van der Waals surface area contributed by atoms with Crippen molar-refractivity contribution in [1.82, 2.24) is 10.2 Å². The second-order valence-electron chi connectivity index (χ2n) is 2.71. The third kappa shape index (κ3) is 2.08. The second-order valence-corrected chi connectivity index (χ2v) is 4.27. The van der Waals surface area contributed by atoms with Gasteiger partial charge in [-0.25, -0.2) is 4.39 Å². The number of aromatic nitrogens is 2. The van der Waals surface area contributed by atoms with Crippen LogP contribution in [0.3, 0.4) is 0 Å². The van der Waals surface area contributed by atoms with Crippen molar-refractivity contribution in [2.75, 3.05) is 7.11 Å². The molecular weight excluding hydrogens is 239 g/mol. The lowest BCUT2D eigenvalue weighted by molar-refractivity contribution is 0.411. The molecule has 0 spiro atoms. The molecule has 2 rings (SSSR count). The molecule has 0 amide bonds. The fourth-order valence-corrected chi connectivity index (χ4v) is 1.97. The van der Waals surface area contributed by atoms with Gasteiger partial charge in [0.15, 0.2) is 5.01 Å². The Morgan fingerprint density at radius 1 is 1.40 bits per heavy atom. The summed E-state index contributed by atoms with van der Waals surface area (Å²) in [7, 11) is 1.48. The van der Waals surface area contributed by atoms with E-state index in [0.29, 0.717) is 20.8 Å². The lowest BCUT2D eigenvalue weighted by Crippen LogP contribution is -1.87. The second kappa shape index (κ2) is 4.12. The normalized spacial score (nSPS) is 10.3. The molecule has 0 atom stereocenters. The van der Waals surface area contributed by atoms with Gasteiger partial charge in [0.25, 0.3) is 0 Å². The molecule has 1 aromatic heterocycles. The Morgan fingerprint density at radius 3 is 2.73 bits per heavy atom. The summed E-state index contributed by atoms with van der Waals surface area (Å²) in [5, 5.41) is 7.83. The zero-order valence-corrected chi connectivity index (χ0v) is 9.27. The molecular formula is C9H6ClFN2OS. The van der Waals surface area contributed by atoms with Crippen LogP contribution in [0, 0.1) is 5.82 Å². The van der Waals surface area contributed by atoms with Crippen molar-refractivity contribution >= 4 is 22.9 Å². The number of benzene rings is 1. The van der Waals surface area contributed by atoms with E-state index in [1.54, 1.807) is 12.1 Å². The van der Waals surface area contributed by atoms with Gasteiger partial charge < -0.3 is 4.74 Å². The van der Waals surface area contributed by atoms with E-state index < -0.39 is 5.82 Å². The molecule has 0 saturated heterocycles. The Labute approximate surface area is 94.5 Å². The van der Waals surface area contributed by atoms with Gasteiger partial charge in [-0.2, -0.15) is 0 Å².